The number of phenolic OH excluding ortho intramolecular Hbond substituents is 1. The number of phenols is 1. The van der Waals surface area contributed by atoms with E-state index in [1.807, 2.05) is 12.1 Å². The Morgan fingerprint density at radius 2 is 1.89 bits per heavy atom. The topological polar surface area (TPSA) is 36.6 Å². The number of fused-ring (bicyclic) bond motifs is 1. The predicted octanol–water partition coefficient (Wildman–Crippen LogP) is 3.51. The van der Waals surface area contributed by atoms with Gasteiger partial charge in [0, 0.05) is 17.5 Å². The normalized spacial score (nSPS) is 18.0. The van der Waals surface area contributed by atoms with Crippen LogP contribution in [0.2, 0.25) is 0 Å². The minimum absolute atomic E-state index is 0.231. The van der Waals surface area contributed by atoms with E-state index in [1.54, 1.807) is 12.3 Å². The number of aromatic hydroxyl groups is 1. The SMILES string of the molecule is Oc1cccc2c(CN3CCCCCC3)coc12. The molecule has 0 unspecified atom stereocenters. The summed E-state index contributed by atoms with van der Waals surface area (Å²) in [5, 5.41) is 10.8. The highest BCUT2D eigenvalue weighted by Crippen LogP contribution is 2.29. The predicted molar refractivity (Wildman–Crippen MR) is 71.6 cm³/mol. The standard InChI is InChI=1S/C15H19NO2/c17-14-7-5-6-13-12(11-18-15(13)14)10-16-8-3-1-2-4-9-16/h5-7,11,17H,1-4,8-10H2. The third kappa shape index (κ3) is 2.23. The molecule has 1 aliphatic heterocycles. The highest BCUT2D eigenvalue weighted by molar-refractivity contribution is 5.85. The van der Waals surface area contributed by atoms with Crippen molar-refractivity contribution in [1.82, 2.24) is 4.90 Å². The second kappa shape index (κ2) is 5.02. The van der Waals surface area contributed by atoms with Crippen molar-refractivity contribution in [2.24, 2.45) is 0 Å². The van der Waals surface area contributed by atoms with Crippen LogP contribution in [0.15, 0.2) is 28.9 Å². The lowest BCUT2D eigenvalue weighted by Gasteiger charge is -2.18. The summed E-state index contributed by atoms with van der Waals surface area (Å²) in [5.74, 6) is 0.231. The van der Waals surface area contributed by atoms with Gasteiger partial charge in [-0.1, -0.05) is 25.0 Å². The number of hydrogen-bond donors (Lipinski definition) is 1. The fourth-order valence-corrected chi connectivity index (χ4v) is 2.75. The molecular formula is C15H19NO2. The van der Waals surface area contributed by atoms with Crippen molar-refractivity contribution in [2.75, 3.05) is 13.1 Å². The van der Waals surface area contributed by atoms with Gasteiger partial charge in [0.2, 0.25) is 0 Å². The second-order valence-corrected chi connectivity index (χ2v) is 5.11. The van der Waals surface area contributed by atoms with E-state index in [2.05, 4.69) is 4.90 Å². The maximum absolute atomic E-state index is 9.73. The first-order chi connectivity index (χ1) is 8.84. The highest BCUT2D eigenvalue weighted by Gasteiger charge is 2.14. The minimum Gasteiger partial charge on any atom is -0.504 e. The van der Waals surface area contributed by atoms with E-state index >= 15 is 0 Å². The van der Waals surface area contributed by atoms with E-state index in [-0.39, 0.29) is 5.75 Å². The Hall–Kier alpha value is -1.48. The molecule has 3 rings (SSSR count). The quantitative estimate of drug-likeness (QED) is 0.879. The Kier molecular flexibility index (Phi) is 3.24. The lowest BCUT2D eigenvalue weighted by Crippen LogP contribution is -2.23. The third-order valence-corrected chi connectivity index (χ3v) is 3.75. The van der Waals surface area contributed by atoms with E-state index in [0.717, 1.165) is 11.9 Å². The van der Waals surface area contributed by atoms with Gasteiger partial charge in [-0.2, -0.15) is 0 Å². The van der Waals surface area contributed by atoms with E-state index < -0.39 is 0 Å². The van der Waals surface area contributed by atoms with Crippen LogP contribution < -0.4 is 0 Å². The van der Waals surface area contributed by atoms with Gasteiger partial charge in [0.25, 0.3) is 0 Å². The third-order valence-electron chi connectivity index (χ3n) is 3.75. The number of furan rings is 1. The first-order valence-electron chi connectivity index (χ1n) is 6.75. The van der Waals surface area contributed by atoms with Crippen LogP contribution >= 0.6 is 0 Å². The molecule has 2 aromatic rings. The van der Waals surface area contributed by atoms with Crippen LogP contribution in [0.25, 0.3) is 11.0 Å². The Labute approximate surface area is 107 Å². The summed E-state index contributed by atoms with van der Waals surface area (Å²) in [4.78, 5) is 2.49. The monoisotopic (exact) mass is 245 g/mol. The molecular weight excluding hydrogens is 226 g/mol. The molecule has 2 heterocycles. The molecule has 1 aromatic heterocycles. The second-order valence-electron chi connectivity index (χ2n) is 5.11. The van der Waals surface area contributed by atoms with Crippen LogP contribution in [-0.2, 0) is 6.54 Å². The Bertz CT molecular complexity index is 524. The van der Waals surface area contributed by atoms with E-state index in [4.69, 9.17) is 4.42 Å². The smallest absolute Gasteiger partial charge is 0.175 e. The summed E-state index contributed by atoms with van der Waals surface area (Å²) in [5.41, 5.74) is 1.80. The molecule has 0 atom stereocenters. The number of rotatable bonds is 2. The zero-order valence-corrected chi connectivity index (χ0v) is 10.6. The Morgan fingerprint density at radius 3 is 2.67 bits per heavy atom. The highest BCUT2D eigenvalue weighted by atomic mass is 16.3. The zero-order valence-electron chi connectivity index (χ0n) is 10.6. The average molecular weight is 245 g/mol. The molecule has 18 heavy (non-hydrogen) atoms. The van der Waals surface area contributed by atoms with Crippen LogP contribution in [0, 0.1) is 0 Å². The molecule has 0 bridgehead atoms. The molecule has 1 aromatic carbocycles. The van der Waals surface area contributed by atoms with Crippen molar-refractivity contribution in [3.8, 4) is 5.75 Å². The number of benzene rings is 1. The van der Waals surface area contributed by atoms with Crippen molar-refractivity contribution in [3.63, 3.8) is 0 Å². The number of nitrogens with zero attached hydrogens (tertiary/aromatic N) is 1. The molecule has 0 aliphatic carbocycles. The fourth-order valence-electron chi connectivity index (χ4n) is 2.75. The maximum Gasteiger partial charge on any atom is 0.175 e. The van der Waals surface area contributed by atoms with Gasteiger partial charge in [0.1, 0.15) is 0 Å². The van der Waals surface area contributed by atoms with Crippen molar-refractivity contribution in [1.29, 1.82) is 0 Å². The summed E-state index contributed by atoms with van der Waals surface area (Å²) in [6, 6.07) is 5.56. The van der Waals surface area contributed by atoms with E-state index in [1.165, 1.54) is 44.3 Å². The van der Waals surface area contributed by atoms with Crippen molar-refractivity contribution < 1.29 is 9.52 Å². The molecule has 3 nitrogen and oxygen atoms in total. The molecule has 1 N–H and O–H groups in total. The van der Waals surface area contributed by atoms with E-state index in [9.17, 15) is 5.11 Å². The Balaban J connectivity index is 1.83. The maximum atomic E-state index is 9.73. The molecule has 0 saturated carbocycles. The largest absolute Gasteiger partial charge is 0.504 e. The van der Waals surface area contributed by atoms with Gasteiger partial charge < -0.3 is 9.52 Å². The molecule has 0 spiro atoms. The summed E-state index contributed by atoms with van der Waals surface area (Å²) >= 11 is 0. The van der Waals surface area contributed by atoms with Gasteiger partial charge in [0.15, 0.2) is 11.3 Å². The van der Waals surface area contributed by atoms with Gasteiger partial charge in [-0.25, -0.2) is 0 Å². The van der Waals surface area contributed by atoms with Gasteiger partial charge in [-0.15, -0.1) is 0 Å². The van der Waals surface area contributed by atoms with Gasteiger partial charge in [0.05, 0.1) is 6.26 Å². The van der Waals surface area contributed by atoms with Crippen LogP contribution in [-0.4, -0.2) is 23.1 Å². The Morgan fingerprint density at radius 1 is 1.11 bits per heavy atom. The summed E-state index contributed by atoms with van der Waals surface area (Å²) in [6.07, 6.45) is 7.07. The lowest BCUT2D eigenvalue weighted by molar-refractivity contribution is 0.277. The van der Waals surface area contributed by atoms with Crippen molar-refractivity contribution in [2.45, 2.75) is 32.2 Å². The summed E-state index contributed by atoms with van der Waals surface area (Å²) < 4.78 is 5.48. The molecule has 1 aliphatic rings. The minimum atomic E-state index is 0.231. The first kappa shape index (κ1) is 11.6. The molecule has 1 fully saturated rings. The van der Waals surface area contributed by atoms with Crippen LogP contribution in [0.3, 0.4) is 0 Å². The van der Waals surface area contributed by atoms with Gasteiger partial charge in [-0.3, -0.25) is 4.90 Å². The molecule has 96 valence electrons. The van der Waals surface area contributed by atoms with Crippen LogP contribution in [0.5, 0.6) is 5.75 Å². The fraction of sp³-hybridized carbons (Fsp3) is 0.467. The van der Waals surface area contributed by atoms with Crippen LogP contribution in [0.1, 0.15) is 31.2 Å². The molecule has 1 saturated heterocycles. The summed E-state index contributed by atoms with van der Waals surface area (Å²) in [7, 11) is 0. The van der Waals surface area contributed by atoms with Crippen molar-refractivity contribution >= 4 is 11.0 Å². The van der Waals surface area contributed by atoms with Gasteiger partial charge in [-0.05, 0) is 32.0 Å². The number of likely N-dealkylation sites (tertiary alicyclic amines) is 1. The first-order valence-corrected chi connectivity index (χ1v) is 6.75. The summed E-state index contributed by atoms with van der Waals surface area (Å²) in [6.45, 7) is 3.27. The molecule has 3 heteroatoms. The van der Waals surface area contributed by atoms with Gasteiger partial charge >= 0.3 is 0 Å². The lowest BCUT2D eigenvalue weighted by atomic mass is 10.1. The number of para-hydroxylation sites is 1. The number of hydrogen-bond acceptors (Lipinski definition) is 3. The van der Waals surface area contributed by atoms with Crippen LogP contribution in [0.4, 0.5) is 0 Å². The zero-order chi connectivity index (χ0) is 12.4. The molecule has 0 amide bonds. The molecule has 0 radical (unpaired) electrons. The van der Waals surface area contributed by atoms with E-state index in [0.29, 0.717) is 5.58 Å². The average Bonchev–Trinajstić information content (AvgIpc) is 2.61. The van der Waals surface area contributed by atoms with Crippen molar-refractivity contribution in [3.05, 3.63) is 30.0 Å².